The van der Waals surface area contributed by atoms with E-state index in [1.807, 2.05) is 6.92 Å². The molecule has 6 heteroatoms. The molecule has 0 aliphatic heterocycles. The highest BCUT2D eigenvalue weighted by Gasteiger charge is 2.15. The lowest BCUT2D eigenvalue weighted by Crippen LogP contribution is -2.15. The maximum absolute atomic E-state index is 13.5. The molecule has 0 amide bonds. The molecule has 0 aliphatic rings. The lowest BCUT2D eigenvalue weighted by Gasteiger charge is -2.15. The lowest BCUT2D eigenvalue weighted by atomic mass is 10.1. The van der Waals surface area contributed by atoms with Crippen LogP contribution >= 0.6 is 0 Å². The van der Waals surface area contributed by atoms with Gasteiger partial charge < -0.3 is 10.1 Å². The fourth-order valence-corrected chi connectivity index (χ4v) is 2.01. The van der Waals surface area contributed by atoms with E-state index in [1.54, 1.807) is 30.9 Å². The van der Waals surface area contributed by atoms with E-state index in [4.69, 9.17) is 4.74 Å². The first kappa shape index (κ1) is 15.2. The Hall–Kier alpha value is -2.21. The van der Waals surface area contributed by atoms with Gasteiger partial charge in [0.1, 0.15) is 5.82 Å². The highest BCUT2D eigenvalue weighted by molar-refractivity contribution is 5.88. The van der Waals surface area contributed by atoms with Crippen LogP contribution in [0.2, 0.25) is 0 Å². The average molecular weight is 291 g/mol. The Labute approximate surface area is 122 Å². The van der Waals surface area contributed by atoms with Crippen LogP contribution in [0.4, 0.5) is 4.39 Å². The number of benzene rings is 1. The van der Waals surface area contributed by atoms with Crippen LogP contribution in [0.25, 0.3) is 5.69 Å². The summed E-state index contributed by atoms with van der Waals surface area (Å²) in [4.78, 5) is 11.7. The molecule has 0 spiro atoms. The van der Waals surface area contributed by atoms with Gasteiger partial charge in [-0.2, -0.15) is 5.10 Å². The van der Waals surface area contributed by atoms with Crippen molar-refractivity contribution in [3.8, 4) is 5.69 Å². The summed E-state index contributed by atoms with van der Waals surface area (Å²) in [7, 11) is 1.80. The van der Waals surface area contributed by atoms with Crippen molar-refractivity contribution < 1.29 is 13.9 Å². The van der Waals surface area contributed by atoms with Crippen molar-refractivity contribution in [2.45, 2.75) is 19.9 Å². The predicted octanol–water partition coefficient (Wildman–Crippen LogP) is 2.47. The van der Waals surface area contributed by atoms with Crippen molar-refractivity contribution in [2.24, 2.45) is 0 Å². The first-order chi connectivity index (χ1) is 10.1. The number of carbonyl (C=O) groups is 1. The number of hydrogen-bond donors (Lipinski definition) is 1. The van der Waals surface area contributed by atoms with Crippen molar-refractivity contribution in [1.82, 2.24) is 15.1 Å². The Morgan fingerprint density at radius 3 is 2.95 bits per heavy atom. The zero-order valence-corrected chi connectivity index (χ0v) is 12.3. The van der Waals surface area contributed by atoms with Crippen LogP contribution in [0.5, 0.6) is 0 Å². The van der Waals surface area contributed by atoms with Gasteiger partial charge in [-0.3, -0.25) is 0 Å². The number of rotatable bonds is 5. The van der Waals surface area contributed by atoms with Gasteiger partial charge in [-0.15, -0.1) is 0 Å². The lowest BCUT2D eigenvalue weighted by molar-refractivity contribution is 0.0526. The van der Waals surface area contributed by atoms with E-state index in [9.17, 15) is 9.18 Å². The second kappa shape index (κ2) is 6.49. The average Bonchev–Trinajstić information content (AvgIpc) is 2.96. The fraction of sp³-hybridized carbons (Fsp3) is 0.333. The van der Waals surface area contributed by atoms with E-state index in [1.165, 1.54) is 18.3 Å². The molecule has 2 aromatic rings. The molecule has 0 radical (unpaired) electrons. The molecule has 1 heterocycles. The molecule has 2 rings (SSSR count). The van der Waals surface area contributed by atoms with E-state index >= 15 is 0 Å². The fourth-order valence-electron chi connectivity index (χ4n) is 2.01. The van der Waals surface area contributed by atoms with Gasteiger partial charge in [0.2, 0.25) is 0 Å². The van der Waals surface area contributed by atoms with Gasteiger partial charge in [0.15, 0.2) is 0 Å². The molecule has 0 saturated carbocycles. The van der Waals surface area contributed by atoms with Crippen LogP contribution < -0.4 is 5.32 Å². The number of hydrogen-bond acceptors (Lipinski definition) is 4. The molecule has 1 atom stereocenters. The first-order valence-corrected chi connectivity index (χ1v) is 6.75. The van der Waals surface area contributed by atoms with Gasteiger partial charge in [0.25, 0.3) is 0 Å². The van der Waals surface area contributed by atoms with Crippen LogP contribution in [0, 0.1) is 5.82 Å². The standard InChI is InChI=1S/C15H18FN3O2/c1-4-21-15(20)11-8-18-19(9-11)14-6-5-12(16)7-13(14)10(2)17-3/h5-10,17H,4H2,1-3H3. The van der Waals surface area contributed by atoms with Crippen molar-refractivity contribution in [3.63, 3.8) is 0 Å². The molecular weight excluding hydrogens is 273 g/mol. The molecule has 112 valence electrons. The molecule has 5 nitrogen and oxygen atoms in total. The van der Waals surface area contributed by atoms with E-state index in [2.05, 4.69) is 10.4 Å². The Balaban J connectivity index is 2.40. The monoisotopic (exact) mass is 291 g/mol. The van der Waals surface area contributed by atoms with Gasteiger partial charge in [0, 0.05) is 12.2 Å². The van der Waals surface area contributed by atoms with Crippen LogP contribution in [0.15, 0.2) is 30.6 Å². The number of ether oxygens (including phenoxy) is 1. The third kappa shape index (κ3) is 3.28. The molecule has 1 unspecified atom stereocenters. The van der Waals surface area contributed by atoms with E-state index in [0.29, 0.717) is 17.9 Å². The second-order valence-electron chi connectivity index (χ2n) is 4.61. The molecule has 1 N–H and O–H groups in total. The number of aromatic nitrogens is 2. The Kier molecular flexibility index (Phi) is 4.70. The summed E-state index contributed by atoms with van der Waals surface area (Å²) in [5.41, 5.74) is 1.84. The number of nitrogens with zero attached hydrogens (tertiary/aromatic N) is 2. The normalized spacial score (nSPS) is 12.2. The molecule has 0 fully saturated rings. The summed E-state index contributed by atoms with van der Waals surface area (Å²) in [6.07, 6.45) is 3.02. The molecule has 0 aliphatic carbocycles. The van der Waals surface area contributed by atoms with E-state index < -0.39 is 5.97 Å². The van der Waals surface area contributed by atoms with E-state index in [-0.39, 0.29) is 11.9 Å². The maximum atomic E-state index is 13.5. The second-order valence-corrected chi connectivity index (χ2v) is 4.61. The molecule has 0 bridgehead atoms. The Bertz CT molecular complexity index is 640. The predicted molar refractivity (Wildman–Crippen MR) is 77.0 cm³/mol. The van der Waals surface area contributed by atoms with Crippen LogP contribution in [-0.4, -0.2) is 29.4 Å². The number of esters is 1. The van der Waals surface area contributed by atoms with Crippen LogP contribution in [-0.2, 0) is 4.74 Å². The highest BCUT2D eigenvalue weighted by atomic mass is 19.1. The maximum Gasteiger partial charge on any atom is 0.341 e. The van der Waals surface area contributed by atoms with Gasteiger partial charge >= 0.3 is 5.97 Å². The van der Waals surface area contributed by atoms with Crippen molar-refractivity contribution in [1.29, 1.82) is 0 Å². The smallest absolute Gasteiger partial charge is 0.341 e. The number of carbonyl (C=O) groups excluding carboxylic acids is 1. The third-order valence-corrected chi connectivity index (χ3v) is 3.23. The summed E-state index contributed by atoms with van der Waals surface area (Å²) < 4.78 is 19.9. The van der Waals surface area contributed by atoms with E-state index in [0.717, 1.165) is 5.56 Å². The number of nitrogens with one attached hydrogen (secondary N) is 1. The first-order valence-electron chi connectivity index (χ1n) is 6.75. The SMILES string of the molecule is CCOC(=O)c1cnn(-c2ccc(F)cc2C(C)NC)c1. The zero-order chi connectivity index (χ0) is 15.4. The summed E-state index contributed by atoms with van der Waals surface area (Å²) in [6.45, 7) is 3.98. The summed E-state index contributed by atoms with van der Waals surface area (Å²) in [5.74, 6) is -0.734. The van der Waals surface area contributed by atoms with Gasteiger partial charge in [-0.25, -0.2) is 13.9 Å². The van der Waals surface area contributed by atoms with Crippen molar-refractivity contribution >= 4 is 5.97 Å². The molecule has 21 heavy (non-hydrogen) atoms. The third-order valence-electron chi connectivity index (χ3n) is 3.23. The molecular formula is C15H18FN3O2. The zero-order valence-electron chi connectivity index (χ0n) is 12.3. The molecule has 1 aromatic carbocycles. The highest BCUT2D eigenvalue weighted by Crippen LogP contribution is 2.22. The van der Waals surface area contributed by atoms with Gasteiger partial charge in [0.05, 0.1) is 24.1 Å². The van der Waals surface area contributed by atoms with Crippen molar-refractivity contribution in [3.05, 3.63) is 47.5 Å². The largest absolute Gasteiger partial charge is 0.462 e. The minimum Gasteiger partial charge on any atom is -0.462 e. The Morgan fingerprint density at radius 2 is 2.29 bits per heavy atom. The summed E-state index contributed by atoms with van der Waals surface area (Å²) in [5, 5.41) is 7.23. The molecule has 1 aromatic heterocycles. The van der Waals surface area contributed by atoms with Gasteiger partial charge in [-0.05, 0) is 44.7 Å². The van der Waals surface area contributed by atoms with Crippen LogP contribution in [0.3, 0.4) is 0 Å². The Morgan fingerprint density at radius 1 is 1.52 bits per heavy atom. The summed E-state index contributed by atoms with van der Waals surface area (Å²) >= 11 is 0. The van der Waals surface area contributed by atoms with Gasteiger partial charge in [-0.1, -0.05) is 0 Å². The topological polar surface area (TPSA) is 56.1 Å². The quantitative estimate of drug-likeness (QED) is 0.860. The minimum absolute atomic E-state index is 0.0501. The number of halogens is 1. The molecule has 0 saturated heterocycles. The summed E-state index contributed by atoms with van der Waals surface area (Å²) in [6, 6.07) is 4.42. The minimum atomic E-state index is -0.422. The van der Waals surface area contributed by atoms with Crippen LogP contribution in [0.1, 0.15) is 35.8 Å². The van der Waals surface area contributed by atoms with Crippen molar-refractivity contribution in [2.75, 3.05) is 13.7 Å².